The van der Waals surface area contributed by atoms with E-state index in [9.17, 15) is 15.3 Å². The van der Waals surface area contributed by atoms with Crippen molar-refractivity contribution in [3.63, 3.8) is 0 Å². The van der Waals surface area contributed by atoms with E-state index >= 15 is 0 Å². The van der Waals surface area contributed by atoms with Crippen LogP contribution in [0.5, 0.6) is 0 Å². The normalized spacial score (nSPS) is 16.6. The van der Waals surface area contributed by atoms with Gasteiger partial charge < -0.3 is 14.6 Å². The summed E-state index contributed by atoms with van der Waals surface area (Å²) in [5.41, 5.74) is 1.55. The minimum absolute atomic E-state index is 0.0418. The number of thiophene rings is 1. The van der Waals surface area contributed by atoms with Crippen LogP contribution < -0.4 is 10.2 Å². The number of nitrogens with zero attached hydrogens (tertiary/aromatic N) is 3. The molecule has 0 unspecified atom stereocenters. The zero-order valence-electron chi connectivity index (χ0n) is 16.2. The fourth-order valence-electron chi connectivity index (χ4n) is 3.94. The lowest BCUT2D eigenvalue weighted by Crippen LogP contribution is -2.28. The first-order chi connectivity index (χ1) is 14.2. The van der Waals surface area contributed by atoms with Gasteiger partial charge in [0.2, 0.25) is 0 Å². The van der Waals surface area contributed by atoms with Gasteiger partial charge >= 0.3 is 0 Å². The van der Waals surface area contributed by atoms with Gasteiger partial charge in [-0.3, -0.25) is 4.79 Å². The Hall–Kier alpha value is -3.03. The number of piperidine rings is 1. The zero-order valence-corrected chi connectivity index (χ0v) is 17.0. The molecular weight excluding hydrogens is 384 g/mol. The number of hydrogen-bond acceptors (Lipinski definition) is 6. The van der Waals surface area contributed by atoms with E-state index in [1.165, 1.54) is 28.7 Å². The second kappa shape index (κ2) is 8.55. The predicted molar refractivity (Wildman–Crippen MR) is 113 cm³/mol. The van der Waals surface area contributed by atoms with Crippen molar-refractivity contribution in [3.8, 4) is 12.1 Å². The van der Waals surface area contributed by atoms with Crippen molar-refractivity contribution in [1.29, 1.82) is 10.5 Å². The molecule has 2 aromatic rings. The third-order valence-corrected chi connectivity index (χ3v) is 6.65. The third-order valence-electron chi connectivity index (χ3n) is 5.44. The molecule has 7 heteroatoms. The minimum Gasteiger partial charge on any atom is -0.441 e. The third kappa shape index (κ3) is 4.06. The molecular formula is C22H22N4O2S. The molecule has 1 aliphatic carbocycles. The number of carbonyl (C=O) groups excluding carboxylic acids is 1. The second-order valence-corrected chi connectivity index (χ2v) is 8.48. The van der Waals surface area contributed by atoms with Crippen molar-refractivity contribution >= 4 is 34.2 Å². The second-order valence-electron chi connectivity index (χ2n) is 7.37. The molecule has 2 aliphatic rings. The van der Waals surface area contributed by atoms with Crippen molar-refractivity contribution < 1.29 is 9.21 Å². The van der Waals surface area contributed by atoms with E-state index in [0.717, 1.165) is 63.1 Å². The molecule has 0 aromatic carbocycles. The number of furan rings is 1. The first-order valence-corrected chi connectivity index (χ1v) is 10.8. The van der Waals surface area contributed by atoms with Crippen molar-refractivity contribution in [1.82, 2.24) is 0 Å². The Kier molecular flexibility index (Phi) is 5.69. The SMILES string of the molecule is N#C/C(=C\c1ccc(N2CCCCC2)o1)C(=O)Nc1sc2c(c1C#N)CCCC2. The Morgan fingerprint density at radius 1 is 1.14 bits per heavy atom. The molecule has 2 aromatic heterocycles. The summed E-state index contributed by atoms with van der Waals surface area (Å²) in [6.07, 6.45) is 8.96. The van der Waals surface area contributed by atoms with E-state index in [-0.39, 0.29) is 5.57 Å². The molecule has 148 valence electrons. The van der Waals surface area contributed by atoms with Crippen LogP contribution in [0.1, 0.15) is 53.9 Å². The molecule has 1 saturated heterocycles. The Balaban J connectivity index is 1.52. The lowest BCUT2D eigenvalue weighted by molar-refractivity contribution is -0.112. The summed E-state index contributed by atoms with van der Waals surface area (Å²) < 4.78 is 5.84. The van der Waals surface area contributed by atoms with Crippen LogP contribution in [-0.4, -0.2) is 19.0 Å². The van der Waals surface area contributed by atoms with Gasteiger partial charge in [0, 0.05) is 30.1 Å². The highest BCUT2D eigenvalue weighted by atomic mass is 32.1. The lowest BCUT2D eigenvalue weighted by Gasteiger charge is -2.25. The molecule has 1 amide bonds. The first kappa shape index (κ1) is 19.3. The number of rotatable bonds is 4. The molecule has 0 spiro atoms. The molecule has 1 fully saturated rings. The molecule has 4 rings (SSSR count). The van der Waals surface area contributed by atoms with Gasteiger partial charge in [-0.15, -0.1) is 11.3 Å². The molecule has 1 N–H and O–H groups in total. The highest BCUT2D eigenvalue weighted by Gasteiger charge is 2.23. The summed E-state index contributed by atoms with van der Waals surface area (Å²) in [6.45, 7) is 1.92. The van der Waals surface area contributed by atoms with Gasteiger partial charge in [0.15, 0.2) is 5.88 Å². The maximum absolute atomic E-state index is 12.7. The number of hydrogen-bond donors (Lipinski definition) is 1. The summed E-state index contributed by atoms with van der Waals surface area (Å²) in [4.78, 5) is 16.0. The highest BCUT2D eigenvalue weighted by molar-refractivity contribution is 7.16. The van der Waals surface area contributed by atoms with Crippen LogP contribution in [0.3, 0.4) is 0 Å². The lowest BCUT2D eigenvalue weighted by atomic mass is 9.96. The van der Waals surface area contributed by atoms with Crippen LogP contribution in [0.4, 0.5) is 10.9 Å². The molecule has 1 aliphatic heterocycles. The van der Waals surface area contributed by atoms with Crippen LogP contribution in [-0.2, 0) is 17.6 Å². The molecule has 0 radical (unpaired) electrons. The molecule has 6 nitrogen and oxygen atoms in total. The van der Waals surface area contributed by atoms with E-state index in [2.05, 4.69) is 16.3 Å². The number of amides is 1. The number of nitrogens with one attached hydrogen (secondary N) is 1. The first-order valence-electron chi connectivity index (χ1n) is 10.0. The van der Waals surface area contributed by atoms with E-state index in [1.807, 2.05) is 12.1 Å². The van der Waals surface area contributed by atoms with Crippen LogP contribution >= 0.6 is 11.3 Å². The van der Waals surface area contributed by atoms with Gasteiger partial charge in [-0.05, 0) is 56.6 Å². The minimum atomic E-state index is -0.515. The van der Waals surface area contributed by atoms with Crippen LogP contribution in [0.25, 0.3) is 6.08 Å². The molecule has 0 bridgehead atoms. The van der Waals surface area contributed by atoms with Gasteiger partial charge in [0.1, 0.15) is 28.5 Å². The average molecular weight is 407 g/mol. The molecule has 3 heterocycles. The molecule has 29 heavy (non-hydrogen) atoms. The maximum atomic E-state index is 12.7. The molecule has 0 saturated carbocycles. The number of nitriles is 2. The predicted octanol–water partition coefficient (Wildman–Crippen LogP) is 4.63. The van der Waals surface area contributed by atoms with E-state index < -0.39 is 5.91 Å². The van der Waals surface area contributed by atoms with Crippen LogP contribution in [0, 0.1) is 22.7 Å². The van der Waals surface area contributed by atoms with Gasteiger partial charge in [-0.2, -0.15) is 10.5 Å². The number of anilines is 2. The summed E-state index contributed by atoms with van der Waals surface area (Å²) >= 11 is 1.45. The molecule has 0 atom stereocenters. The van der Waals surface area contributed by atoms with E-state index in [1.54, 1.807) is 6.07 Å². The van der Waals surface area contributed by atoms with Gasteiger partial charge in [0.05, 0.1) is 5.56 Å². The van der Waals surface area contributed by atoms with Crippen molar-refractivity contribution in [2.24, 2.45) is 0 Å². The Morgan fingerprint density at radius 3 is 2.69 bits per heavy atom. The summed E-state index contributed by atoms with van der Waals surface area (Å²) in [6, 6.07) is 7.84. The average Bonchev–Trinajstić information content (AvgIpc) is 3.36. The van der Waals surface area contributed by atoms with E-state index in [4.69, 9.17) is 4.42 Å². The van der Waals surface area contributed by atoms with Crippen molar-refractivity contribution in [2.75, 3.05) is 23.3 Å². The maximum Gasteiger partial charge on any atom is 0.267 e. The smallest absolute Gasteiger partial charge is 0.267 e. The quantitative estimate of drug-likeness (QED) is 0.590. The van der Waals surface area contributed by atoms with Crippen LogP contribution in [0.15, 0.2) is 22.1 Å². The monoisotopic (exact) mass is 406 g/mol. The van der Waals surface area contributed by atoms with Gasteiger partial charge in [-0.1, -0.05) is 0 Å². The highest BCUT2D eigenvalue weighted by Crippen LogP contribution is 2.37. The number of aryl methyl sites for hydroxylation is 1. The fourth-order valence-corrected chi connectivity index (χ4v) is 5.17. The van der Waals surface area contributed by atoms with Crippen molar-refractivity contribution in [3.05, 3.63) is 39.5 Å². The number of fused-ring (bicyclic) bond motifs is 1. The number of carbonyl (C=O) groups is 1. The summed E-state index contributed by atoms with van der Waals surface area (Å²) in [5.74, 6) is 0.730. The van der Waals surface area contributed by atoms with Crippen LogP contribution in [0.2, 0.25) is 0 Å². The Bertz CT molecular complexity index is 1030. The summed E-state index contributed by atoms with van der Waals surface area (Å²) in [5, 5.41) is 22.3. The van der Waals surface area contributed by atoms with E-state index in [0.29, 0.717) is 16.3 Å². The zero-order chi connectivity index (χ0) is 20.2. The van der Waals surface area contributed by atoms with Crippen molar-refractivity contribution in [2.45, 2.75) is 44.9 Å². The van der Waals surface area contributed by atoms with Gasteiger partial charge in [-0.25, -0.2) is 0 Å². The largest absolute Gasteiger partial charge is 0.441 e. The Morgan fingerprint density at radius 2 is 1.93 bits per heavy atom. The summed E-state index contributed by atoms with van der Waals surface area (Å²) in [7, 11) is 0. The standard InChI is InChI=1S/C22H22N4O2S/c23-13-15(12-16-8-9-20(28-16)26-10-4-1-5-11-26)21(27)25-22-18(14-24)17-6-2-3-7-19(17)29-22/h8-9,12H,1-7,10-11H2,(H,25,27)/b15-12+. The Labute approximate surface area is 174 Å². The fraction of sp³-hybridized carbons (Fsp3) is 0.409. The van der Waals surface area contributed by atoms with Gasteiger partial charge in [0.25, 0.3) is 5.91 Å². The topological polar surface area (TPSA) is 93.1 Å².